The number of fused-ring (bicyclic) bond motifs is 1. The number of halogens is 3. The molecule has 0 bridgehead atoms. The van der Waals surface area contributed by atoms with Crippen molar-refractivity contribution < 1.29 is 13.2 Å². The molecule has 0 saturated carbocycles. The van der Waals surface area contributed by atoms with Crippen molar-refractivity contribution >= 4 is 16.9 Å². The number of hydrogen-bond acceptors (Lipinski definition) is 5. The van der Waals surface area contributed by atoms with Gasteiger partial charge in [-0.15, -0.1) is 0 Å². The topological polar surface area (TPSA) is 69.7 Å². The summed E-state index contributed by atoms with van der Waals surface area (Å²) in [5.41, 5.74) is 1.05. The van der Waals surface area contributed by atoms with Gasteiger partial charge in [0, 0.05) is 25.2 Å². The maximum absolute atomic E-state index is 12.7. The highest BCUT2D eigenvalue weighted by Crippen LogP contribution is 2.28. The standard InChI is InChI=1S/C18H19F3N6/c19-18(20,21)15-9-16(23-11-22-15)24-12-5-7-27(8-6-12)10-17-25-13-3-1-2-4-14(13)26-17/h1-4,9,11-12H,5-8,10H2,(H,25,26)(H,22,23,24). The predicted molar refractivity (Wildman–Crippen MR) is 95.0 cm³/mol. The van der Waals surface area contributed by atoms with Crippen LogP contribution in [-0.2, 0) is 12.7 Å². The molecule has 0 radical (unpaired) electrons. The number of aromatic amines is 1. The van der Waals surface area contributed by atoms with Crippen LogP contribution in [0.3, 0.4) is 0 Å². The van der Waals surface area contributed by atoms with Crippen molar-refractivity contribution in [2.45, 2.75) is 31.6 Å². The average Bonchev–Trinajstić information content (AvgIpc) is 3.05. The van der Waals surface area contributed by atoms with Crippen LogP contribution in [0.1, 0.15) is 24.4 Å². The van der Waals surface area contributed by atoms with Gasteiger partial charge in [-0.05, 0) is 25.0 Å². The van der Waals surface area contributed by atoms with Crippen molar-refractivity contribution in [1.82, 2.24) is 24.8 Å². The minimum Gasteiger partial charge on any atom is -0.367 e. The lowest BCUT2D eigenvalue weighted by Gasteiger charge is -2.32. The van der Waals surface area contributed by atoms with E-state index in [1.54, 1.807) is 0 Å². The number of anilines is 1. The SMILES string of the molecule is FC(F)(F)c1cc(NC2CCN(Cc3nc4ccccc4[nH]3)CC2)ncn1. The van der Waals surface area contributed by atoms with Gasteiger partial charge in [0.2, 0.25) is 0 Å². The molecule has 0 amide bonds. The maximum atomic E-state index is 12.7. The van der Waals surface area contributed by atoms with E-state index in [0.717, 1.165) is 61.7 Å². The Morgan fingerprint density at radius 1 is 1.15 bits per heavy atom. The monoisotopic (exact) mass is 376 g/mol. The van der Waals surface area contributed by atoms with Gasteiger partial charge in [-0.2, -0.15) is 13.2 Å². The Labute approximate surface area is 153 Å². The van der Waals surface area contributed by atoms with E-state index in [4.69, 9.17) is 0 Å². The number of nitrogens with one attached hydrogen (secondary N) is 2. The van der Waals surface area contributed by atoms with Gasteiger partial charge in [0.05, 0.1) is 17.6 Å². The lowest BCUT2D eigenvalue weighted by atomic mass is 10.1. The number of benzene rings is 1. The van der Waals surface area contributed by atoms with Crippen molar-refractivity contribution in [2.75, 3.05) is 18.4 Å². The zero-order valence-electron chi connectivity index (χ0n) is 14.5. The molecular formula is C18H19F3N6. The lowest BCUT2D eigenvalue weighted by Crippen LogP contribution is -2.39. The summed E-state index contributed by atoms with van der Waals surface area (Å²) in [6.07, 6.45) is -1.87. The number of piperidine rings is 1. The molecule has 3 aromatic rings. The minimum absolute atomic E-state index is 0.0907. The van der Waals surface area contributed by atoms with E-state index in [9.17, 15) is 13.2 Å². The maximum Gasteiger partial charge on any atom is 0.433 e. The first kappa shape index (κ1) is 17.7. The van der Waals surface area contributed by atoms with Gasteiger partial charge >= 0.3 is 6.18 Å². The molecule has 0 aliphatic carbocycles. The molecule has 3 heterocycles. The number of rotatable bonds is 4. The van der Waals surface area contributed by atoms with Gasteiger partial charge in [-0.1, -0.05) is 12.1 Å². The highest BCUT2D eigenvalue weighted by Gasteiger charge is 2.33. The van der Waals surface area contributed by atoms with Gasteiger partial charge in [-0.25, -0.2) is 15.0 Å². The summed E-state index contributed by atoms with van der Waals surface area (Å²) in [6, 6.07) is 8.95. The normalized spacial score (nSPS) is 16.7. The first-order valence-electron chi connectivity index (χ1n) is 8.79. The van der Waals surface area contributed by atoms with Gasteiger partial charge in [0.1, 0.15) is 23.7 Å². The molecular weight excluding hydrogens is 357 g/mol. The number of para-hydroxylation sites is 2. The molecule has 0 spiro atoms. The molecule has 4 rings (SSSR count). The number of H-pyrrole nitrogens is 1. The quantitative estimate of drug-likeness (QED) is 0.730. The number of aromatic nitrogens is 4. The molecule has 1 fully saturated rings. The second kappa shape index (κ2) is 7.15. The van der Waals surface area contributed by atoms with Crippen molar-refractivity contribution in [3.8, 4) is 0 Å². The van der Waals surface area contributed by atoms with Gasteiger partial charge in [0.15, 0.2) is 0 Å². The van der Waals surface area contributed by atoms with Gasteiger partial charge in [0.25, 0.3) is 0 Å². The fourth-order valence-electron chi connectivity index (χ4n) is 3.33. The Morgan fingerprint density at radius 3 is 2.67 bits per heavy atom. The molecule has 142 valence electrons. The van der Waals surface area contributed by atoms with Crippen molar-refractivity contribution in [2.24, 2.45) is 0 Å². The van der Waals surface area contributed by atoms with Crippen LogP contribution >= 0.6 is 0 Å². The molecule has 2 N–H and O–H groups in total. The van der Waals surface area contributed by atoms with Crippen LogP contribution in [0.4, 0.5) is 19.0 Å². The Bertz CT molecular complexity index is 882. The molecule has 6 nitrogen and oxygen atoms in total. The highest BCUT2D eigenvalue weighted by atomic mass is 19.4. The van der Waals surface area contributed by atoms with Crippen LogP contribution in [0.2, 0.25) is 0 Å². The number of hydrogen-bond donors (Lipinski definition) is 2. The van der Waals surface area contributed by atoms with E-state index in [1.807, 2.05) is 24.3 Å². The first-order chi connectivity index (χ1) is 13.0. The summed E-state index contributed by atoms with van der Waals surface area (Å²) in [7, 11) is 0. The first-order valence-corrected chi connectivity index (χ1v) is 8.79. The third-order valence-corrected chi connectivity index (χ3v) is 4.71. The van der Waals surface area contributed by atoms with Crippen LogP contribution in [-0.4, -0.2) is 44.0 Å². The molecule has 1 saturated heterocycles. The average molecular weight is 376 g/mol. The third kappa shape index (κ3) is 4.19. The van der Waals surface area contributed by atoms with Crippen LogP contribution in [0.15, 0.2) is 36.7 Å². The Balaban J connectivity index is 1.32. The largest absolute Gasteiger partial charge is 0.433 e. The second-order valence-electron chi connectivity index (χ2n) is 6.68. The molecule has 1 aliphatic rings. The molecule has 0 unspecified atom stereocenters. The summed E-state index contributed by atoms with van der Waals surface area (Å²) >= 11 is 0. The molecule has 0 atom stereocenters. The fraction of sp³-hybridized carbons (Fsp3) is 0.389. The predicted octanol–water partition coefficient (Wildman–Crippen LogP) is 3.45. The lowest BCUT2D eigenvalue weighted by molar-refractivity contribution is -0.141. The molecule has 27 heavy (non-hydrogen) atoms. The zero-order chi connectivity index (χ0) is 18.9. The number of alkyl halides is 3. The second-order valence-corrected chi connectivity index (χ2v) is 6.68. The van der Waals surface area contributed by atoms with Crippen LogP contribution in [0.5, 0.6) is 0 Å². The van der Waals surface area contributed by atoms with Crippen LogP contribution in [0, 0.1) is 0 Å². The summed E-state index contributed by atoms with van der Waals surface area (Å²) < 4.78 is 38.2. The summed E-state index contributed by atoms with van der Waals surface area (Å²) in [6.45, 7) is 2.41. The summed E-state index contributed by atoms with van der Waals surface area (Å²) in [4.78, 5) is 17.4. The van der Waals surface area contributed by atoms with E-state index in [0.29, 0.717) is 0 Å². The molecule has 1 aromatic carbocycles. The number of likely N-dealkylation sites (tertiary alicyclic amines) is 1. The van der Waals surface area contributed by atoms with E-state index in [2.05, 4.69) is 30.2 Å². The molecule has 9 heteroatoms. The smallest absolute Gasteiger partial charge is 0.367 e. The summed E-state index contributed by atoms with van der Waals surface area (Å²) in [5, 5.41) is 3.10. The van der Waals surface area contributed by atoms with Crippen molar-refractivity contribution in [3.63, 3.8) is 0 Å². The Morgan fingerprint density at radius 2 is 1.93 bits per heavy atom. The minimum atomic E-state index is -4.46. The van der Waals surface area contributed by atoms with E-state index in [-0.39, 0.29) is 11.9 Å². The van der Waals surface area contributed by atoms with E-state index < -0.39 is 11.9 Å². The third-order valence-electron chi connectivity index (χ3n) is 4.71. The van der Waals surface area contributed by atoms with Gasteiger partial charge in [-0.3, -0.25) is 4.90 Å². The Kier molecular flexibility index (Phi) is 4.69. The number of nitrogens with zero attached hydrogens (tertiary/aromatic N) is 4. The highest BCUT2D eigenvalue weighted by molar-refractivity contribution is 5.74. The summed E-state index contributed by atoms with van der Waals surface area (Å²) in [5.74, 6) is 1.14. The number of imidazole rings is 1. The fourth-order valence-corrected chi connectivity index (χ4v) is 3.33. The van der Waals surface area contributed by atoms with E-state index in [1.165, 1.54) is 0 Å². The Hall–Kier alpha value is -2.68. The van der Waals surface area contributed by atoms with Crippen LogP contribution in [0.25, 0.3) is 11.0 Å². The molecule has 2 aromatic heterocycles. The molecule has 1 aliphatic heterocycles. The van der Waals surface area contributed by atoms with Crippen LogP contribution < -0.4 is 5.32 Å². The van der Waals surface area contributed by atoms with Crippen molar-refractivity contribution in [1.29, 1.82) is 0 Å². The van der Waals surface area contributed by atoms with Crippen molar-refractivity contribution in [3.05, 3.63) is 48.2 Å². The zero-order valence-corrected chi connectivity index (χ0v) is 14.5. The van der Waals surface area contributed by atoms with Gasteiger partial charge < -0.3 is 10.3 Å². The van der Waals surface area contributed by atoms with E-state index >= 15 is 0 Å².